The third kappa shape index (κ3) is 10.8. The van der Waals surface area contributed by atoms with Gasteiger partial charge in [0.05, 0.1) is 13.1 Å². The number of carboxylic acid groups (broad SMARTS) is 1. The van der Waals surface area contributed by atoms with E-state index in [1.54, 1.807) is 0 Å². The molecule has 0 fully saturated rings. The van der Waals surface area contributed by atoms with Gasteiger partial charge in [0.15, 0.2) is 5.96 Å². The van der Waals surface area contributed by atoms with Gasteiger partial charge in [-0.2, -0.15) is 0 Å². The summed E-state index contributed by atoms with van der Waals surface area (Å²) < 4.78 is 0. The lowest BCUT2D eigenvalue weighted by Crippen LogP contribution is -2.50. The molecule has 0 aromatic heterocycles. The number of carboxylic acids is 1. The molecule has 1 atom stereocenters. The van der Waals surface area contributed by atoms with Crippen LogP contribution in [0.5, 0.6) is 0 Å². The van der Waals surface area contributed by atoms with E-state index in [2.05, 4.69) is 20.9 Å². The van der Waals surface area contributed by atoms with Gasteiger partial charge in [-0.3, -0.25) is 24.2 Å². The van der Waals surface area contributed by atoms with Gasteiger partial charge in [-0.15, -0.1) is 0 Å². The SMILES string of the molecule is NCC(=O)NC(CCCN=C(N)N)C(=O)NCC(=O)NCC(=O)O. The predicted octanol–water partition coefficient (Wildman–Crippen LogP) is -4.20. The summed E-state index contributed by atoms with van der Waals surface area (Å²) in [7, 11) is 0. The van der Waals surface area contributed by atoms with Crippen LogP contribution in [-0.4, -0.2) is 67.0 Å². The summed E-state index contributed by atoms with van der Waals surface area (Å²) >= 11 is 0. The number of nitrogens with one attached hydrogen (secondary N) is 3. The average molecular weight is 345 g/mol. The first-order valence-electron chi connectivity index (χ1n) is 7.07. The second-order valence-corrected chi connectivity index (χ2v) is 4.66. The van der Waals surface area contributed by atoms with Crippen LogP contribution in [0.2, 0.25) is 0 Å². The zero-order valence-corrected chi connectivity index (χ0v) is 13.1. The molecule has 0 aromatic carbocycles. The molecule has 3 amide bonds. The first kappa shape index (κ1) is 21.1. The Bertz CT molecular complexity index is 490. The number of nitrogens with two attached hydrogens (primary N) is 3. The maximum atomic E-state index is 12.0. The Morgan fingerprint density at radius 2 is 1.71 bits per heavy atom. The van der Waals surface area contributed by atoms with Gasteiger partial charge in [0.2, 0.25) is 17.7 Å². The van der Waals surface area contributed by atoms with Gasteiger partial charge in [0.25, 0.3) is 0 Å². The van der Waals surface area contributed by atoms with E-state index in [1.165, 1.54) is 0 Å². The van der Waals surface area contributed by atoms with Crippen molar-refractivity contribution in [3.05, 3.63) is 0 Å². The van der Waals surface area contributed by atoms with Crippen molar-refractivity contribution in [2.45, 2.75) is 18.9 Å². The van der Waals surface area contributed by atoms with E-state index in [0.717, 1.165) is 0 Å². The highest BCUT2D eigenvalue weighted by Crippen LogP contribution is 1.98. The highest BCUT2D eigenvalue weighted by molar-refractivity contribution is 5.91. The Labute approximate surface area is 138 Å². The molecule has 0 saturated heterocycles. The van der Waals surface area contributed by atoms with Crippen LogP contribution in [0.25, 0.3) is 0 Å². The molecular formula is C12H23N7O5. The number of carbonyl (C=O) groups excluding carboxylic acids is 3. The summed E-state index contributed by atoms with van der Waals surface area (Å²) in [5.41, 5.74) is 15.5. The van der Waals surface area contributed by atoms with Crippen molar-refractivity contribution in [2.75, 3.05) is 26.2 Å². The van der Waals surface area contributed by atoms with E-state index >= 15 is 0 Å². The monoisotopic (exact) mass is 345 g/mol. The molecule has 0 spiro atoms. The molecular weight excluding hydrogens is 322 g/mol. The fourth-order valence-electron chi connectivity index (χ4n) is 1.55. The minimum Gasteiger partial charge on any atom is -0.480 e. The van der Waals surface area contributed by atoms with Gasteiger partial charge in [-0.25, -0.2) is 0 Å². The number of guanidine groups is 1. The number of hydrogen-bond donors (Lipinski definition) is 7. The Kier molecular flexibility index (Phi) is 10.2. The Morgan fingerprint density at radius 1 is 1.04 bits per heavy atom. The van der Waals surface area contributed by atoms with Gasteiger partial charge < -0.3 is 38.3 Å². The number of hydrogen-bond acceptors (Lipinski definition) is 6. The van der Waals surface area contributed by atoms with E-state index in [9.17, 15) is 19.2 Å². The molecule has 0 aliphatic carbocycles. The summed E-state index contributed by atoms with van der Waals surface area (Å²) in [4.78, 5) is 48.8. The largest absolute Gasteiger partial charge is 0.480 e. The van der Waals surface area contributed by atoms with E-state index < -0.39 is 42.8 Å². The topological polar surface area (TPSA) is 215 Å². The third-order valence-electron chi connectivity index (χ3n) is 2.64. The lowest BCUT2D eigenvalue weighted by molar-refractivity contribution is -0.138. The summed E-state index contributed by atoms with van der Waals surface area (Å²) in [6, 6.07) is -0.914. The number of rotatable bonds is 11. The molecule has 12 heteroatoms. The van der Waals surface area contributed by atoms with Crippen molar-refractivity contribution in [1.29, 1.82) is 0 Å². The second-order valence-electron chi connectivity index (χ2n) is 4.66. The van der Waals surface area contributed by atoms with Crippen molar-refractivity contribution in [1.82, 2.24) is 16.0 Å². The van der Waals surface area contributed by atoms with Crippen LogP contribution < -0.4 is 33.2 Å². The van der Waals surface area contributed by atoms with Crippen molar-refractivity contribution in [2.24, 2.45) is 22.2 Å². The molecule has 0 aliphatic heterocycles. The van der Waals surface area contributed by atoms with Gasteiger partial charge in [-0.05, 0) is 12.8 Å². The molecule has 0 radical (unpaired) electrons. The van der Waals surface area contributed by atoms with Crippen molar-refractivity contribution < 1.29 is 24.3 Å². The van der Waals surface area contributed by atoms with E-state index in [0.29, 0.717) is 6.42 Å². The van der Waals surface area contributed by atoms with Crippen LogP contribution in [0.4, 0.5) is 0 Å². The number of aliphatic imine (C=N–C) groups is 1. The molecule has 0 saturated carbocycles. The zero-order valence-electron chi connectivity index (χ0n) is 13.1. The summed E-state index contributed by atoms with van der Waals surface area (Å²) in [6.07, 6.45) is 0.636. The Hall–Kier alpha value is -2.89. The molecule has 0 aromatic rings. The van der Waals surface area contributed by atoms with E-state index in [-0.39, 0.29) is 25.5 Å². The van der Waals surface area contributed by atoms with Crippen LogP contribution >= 0.6 is 0 Å². The lowest BCUT2D eigenvalue weighted by atomic mass is 10.1. The highest BCUT2D eigenvalue weighted by atomic mass is 16.4. The molecule has 0 bridgehead atoms. The number of carbonyl (C=O) groups is 4. The van der Waals surface area contributed by atoms with Gasteiger partial charge in [-0.1, -0.05) is 0 Å². The number of amides is 3. The Balaban J connectivity index is 4.44. The fraction of sp³-hybridized carbons (Fsp3) is 0.583. The molecule has 0 rings (SSSR count). The standard InChI is InChI=1S/C12H23N7O5/c13-4-8(20)19-7(2-1-3-16-12(14)15)11(24)18-5-9(21)17-6-10(22)23/h7H,1-6,13H2,(H,17,21)(H,18,24)(H,19,20)(H,22,23)(H4,14,15,16). The van der Waals surface area contributed by atoms with Crippen LogP contribution in [0, 0.1) is 0 Å². The predicted molar refractivity (Wildman–Crippen MR) is 84.6 cm³/mol. The molecule has 1 unspecified atom stereocenters. The lowest BCUT2D eigenvalue weighted by Gasteiger charge is -2.17. The minimum absolute atomic E-state index is 0.0860. The van der Waals surface area contributed by atoms with Crippen LogP contribution in [0.15, 0.2) is 4.99 Å². The first-order chi connectivity index (χ1) is 11.3. The van der Waals surface area contributed by atoms with Crippen molar-refractivity contribution >= 4 is 29.7 Å². The van der Waals surface area contributed by atoms with E-state index in [4.69, 9.17) is 22.3 Å². The maximum absolute atomic E-state index is 12.0. The highest BCUT2D eigenvalue weighted by Gasteiger charge is 2.20. The first-order valence-corrected chi connectivity index (χ1v) is 7.07. The molecule has 0 aliphatic rings. The fourth-order valence-corrected chi connectivity index (χ4v) is 1.55. The smallest absolute Gasteiger partial charge is 0.322 e. The molecule has 0 heterocycles. The van der Waals surface area contributed by atoms with Crippen molar-refractivity contribution in [3.8, 4) is 0 Å². The van der Waals surface area contributed by atoms with E-state index in [1.807, 2.05) is 0 Å². The minimum atomic E-state index is -1.21. The summed E-state index contributed by atoms with van der Waals surface area (Å²) in [5, 5.41) is 15.2. The second kappa shape index (κ2) is 11.6. The van der Waals surface area contributed by atoms with Crippen LogP contribution in [-0.2, 0) is 19.2 Å². The number of aliphatic carboxylic acids is 1. The van der Waals surface area contributed by atoms with Crippen LogP contribution in [0.1, 0.15) is 12.8 Å². The van der Waals surface area contributed by atoms with Gasteiger partial charge in [0, 0.05) is 6.54 Å². The summed E-state index contributed by atoms with van der Waals surface area (Å²) in [5.74, 6) is -3.10. The molecule has 12 nitrogen and oxygen atoms in total. The normalized spacial score (nSPS) is 11.0. The maximum Gasteiger partial charge on any atom is 0.322 e. The van der Waals surface area contributed by atoms with Gasteiger partial charge >= 0.3 is 5.97 Å². The molecule has 24 heavy (non-hydrogen) atoms. The van der Waals surface area contributed by atoms with Crippen LogP contribution in [0.3, 0.4) is 0 Å². The molecule has 10 N–H and O–H groups in total. The quantitative estimate of drug-likeness (QED) is 0.110. The third-order valence-corrected chi connectivity index (χ3v) is 2.64. The Morgan fingerprint density at radius 3 is 2.25 bits per heavy atom. The average Bonchev–Trinajstić information content (AvgIpc) is 2.52. The number of nitrogens with zero attached hydrogens (tertiary/aromatic N) is 1. The van der Waals surface area contributed by atoms with Gasteiger partial charge in [0.1, 0.15) is 12.6 Å². The zero-order chi connectivity index (χ0) is 18.5. The summed E-state index contributed by atoms with van der Waals surface area (Å²) in [6.45, 7) is -1.00. The van der Waals surface area contributed by atoms with Crippen molar-refractivity contribution in [3.63, 3.8) is 0 Å². The molecule has 136 valence electrons.